The summed E-state index contributed by atoms with van der Waals surface area (Å²) in [5, 5.41) is 3.97. The minimum Gasteiger partial charge on any atom is -0.334 e. The number of carbonyl (C=O) groups is 2. The first-order valence-corrected chi connectivity index (χ1v) is 8.94. The van der Waals surface area contributed by atoms with Gasteiger partial charge in [0.05, 0.1) is 6.04 Å². The van der Waals surface area contributed by atoms with E-state index in [4.69, 9.17) is 0 Å². The fourth-order valence-corrected chi connectivity index (χ4v) is 4.30. The molecule has 6 nitrogen and oxygen atoms in total. The van der Waals surface area contributed by atoms with Gasteiger partial charge in [-0.3, -0.25) is 14.5 Å². The van der Waals surface area contributed by atoms with E-state index in [-0.39, 0.29) is 23.3 Å². The molecule has 3 aliphatic rings. The van der Waals surface area contributed by atoms with Crippen LogP contribution in [0.5, 0.6) is 0 Å². The molecule has 1 unspecified atom stereocenters. The molecule has 1 aromatic rings. The van der Waals surface area contributed by atoms with Crippen LogP contribution in [0.15, 0.2) is 29.4 Å². The number of nitrogens with zero attached hydrogens (tertiary/aromatic N) is 3. The molecule has 2 amide bonds. The number of hydrogen-bond donors (Lipinski definition) is 1. The molecule has 0 spiro atoms. The third-order valence-electron chi connectivity index (χ3n) is 5.58. The summed E-state index contributed by atoms with van der Waals surface area (Å²) in [6.07, 6.45) is 0.768. The van der Waals surface area contributed by atoms with Gasteiger partial charge in [-0.1, -0.05) is 38.1 Å². The van der Waals surface area contributed by atoms with Crippen molar-refractivity contribution in [3.63, 3.8) is 0 Å². The van der Waals surface area contributed by atoms with E-state index >= 15 is 0 Å². The highest BCUT2D eigenvalue weighted by atomic mass is 16.2. The second-order valence-corrected chi connectivity index (χ2v) is 7.80. The van der Waals surface area contributed by atoms with Gasteiger partial charge >= 0.3 is 0 Å². The average molecular weight is 340 g/mol. The molecular formula is C19H24N4O2. The van der Waals surface area contributed by atoms with Crippen LogP contribution in [0.1, 0.15) is 43.9 Å². The van der Waals surface area contributed by atoms with Gasteiger partial charge in [0.15, 0.2) is 0 Å². The Labute approximate surface area is 147 Å². The normalized spacial score (nSPS) is 25.5. The first-order valence-electron chi connectivity index (χ1n) is 8.94. The summed E-state index contributed by atoms with van der Waals surface area (Å²) in [6.45, 7) is 7.85. The predicted octanol–water partition coefficient (Wildman–Crippen LogP) is 1.43. The highest BCUT2D eigenvalue weighted by Gasteiger charge is 2.41. The SMILES string of the molecule is CC1(C)CN2CCN(C(=O)C3=NNC(=O)CC3)CC2c2ccccc21. The Kier molecular flexibility index (Phi) is 3.87. The summed E-state index contributed by atoms with van der Waals surface area (Å²) >= 11 is 0. The van der Waals surface area contributed by atoms with E-state index < -0.39 is 0 Å². The van der Waals surface area contributed by atoms with Gasteiger partial charge in [-0.25, -0.2) is 5.43 Å². The van der Waals surface area contributed by atoms with Crippen molar-refractivity contribution in [1.29, 1.82) is 0 Å². The highest BCUT2D eigenvalue weighted by Crippen LogP contribution is 2.40. The molecule has 4 rings (SSSR count). The maximum Gasteiger partial charge on any atom is 0.270 e. The summed E-state index contributed by atoms with van der Waals surface area (Å²) in [6, 6.07) is 8.83. The fourth-order valence-electron chi connectivity index (χ4n) is 4.30. The Balaban J connectivity index is 1.58. The number of carbonyl (C=O) groups excluding carboxylic acids is 2. The van der Waals surface area contributed by atoms with E-state index in [0.717, 1.165) is 13.1 Å². The standard InChI is InChI=1S/C19H24N4O2/c1-19(2)12-23-10-9-22(18(25)15-7-8-17(24)21-20-15)11-16(23)13-5-3-4-6-14(13)19/h3-6,16H,7-12H2,1-2H3,(H,21,24). The summed E-state index contributed by atoms with van der Waals surface area (Å²) in [4.78, 5) is 28.4. The van der Waals surface area contributed by atoms with Crippen molar-refractivity contribution in [3.8, 4) is 0 Å². The van der Waals surface area contributed by atoms with Crippen molar-refractivity contribution >= 4 is 17.5 Å². The van der Waals surface area contributed by atoms with Gasteiger partial charge in [0.1, 0.15) is 5.71 Å². The molecule has 132 valence electrons. The lowest BCUT2D eigenvalue weighted by molar-refractivity contribution is -0.127. The Morgan fingerprint density at radius 2 is 2.04 bits per heavy atom. The number of rotatable bonds is 1. The smallest absolute Gasteiger partial charge is 0.270 e. The van der Waals surface area contributed by atoms with Gasteiger partial charge in [-0.05, 0) is 11.1 Å². The topological polar surface area (TPSA) is 65.0 Å². The van der Waals surface area contributed by atoms with Crippen LogP contribution < -0.4 is 5.43 Å². The Morgan fingerprint density at radius 1 is 1.24 bits per heavy atom. The minimum absolute atomic E-state index is 0.0398. The van der Waals surface area contributed by atoms with Crippen LogP contribution in [0.4, 0.5) is 0 Å². The van der Waals surface area contributed by atoms with Crippen molar-refractivity contribution in [3.05, 3.63) is 35.4 Å². The zero-order valence-electron chi connectivity index (χ0n) is 14.8. The Hall–Kier alpha value is -2.21. The van der Waals surface area contributed by atoms with Gasteiger partial charge in [0, 0.05) is 44.4 Å². The van der Waals surface area contributed by atoms with E-state index in [1.807, 2.05) is 4.90 Å². The van der Waals surface area contributed by atoms with Gasteiger partial charge in [0.2, 0.25) is 5.91 Å². The zero-order valence-corrected chi connectivity index (χ0v) is 14.8. The quantitative estimate of drug-likeness (QED) is 0.841. The lowest BCUT2D eigenvalue weighted by Gasteiger charge is -2.50. The van der Waals surface area contributed by atoms with Crippen LogP contribution in [0.3, 0.4) is 0 Å². The number of fused-ring (bicyclic) bond motifs is 3. The summed E-state index contributed by atoms with van der Waals surface area (Å²) in [5.74, 6) is -0.160. The van der Waals surface area contributed by atoms with Crippen LogP contribution in [-0.2, 0) is 15.0 Å². The third kappa shape index (κ3) is 2.84. The van der Waals surface area contributed by atoms with Gasteiger partial charge in [0.25, 0.3) is 5.91 Å². The van der Waals surface area contributed by atoms with Crippen LogP contribution in [0, 0.1) is 0 Å². The lowest BCUT2D eigenvalue weighted by Crippen LogP contribution is -2.57. The fraction of sp³-hybridized carbons (Fsp3) is 0.526. The summed E-state index contributed by atoms with van der Waals surface area (Å²) in [5.41, 5.74) is 5.73. The molecule has 1 fully saturated rings. The van der Waals surface area contributed by atoms with E-state index in [2.05, 4.69) is 53.5 Å². The van der Waals surface area contributed by atoms with Crippen molar-refractivity contribution in [2.75, 3.05) is 26.2 Å². The Morgan fingerprint density at radius 3 is 2.80 bits per heavy atom. The van der Waals surface area contributed by atoms with Gasteiger partial charge in [-0.2, -0.15) is 5.10 Å². The lowest BCUT2D eigenvalue weighted by atomic mass is 9.75. The van der Waals surface area contributed by atoms with E-state index in [1.54, 1.807) is 0 Å². The number of hydrazone groups is 1. The zero-order chi connectivity index (χ0) is 17.6. The molecule has 3 aliphatic heterocycles. The van der Waals surface area contributed by atoms with Crippen molar-refractivity contribution in [2.45, 2.75) is 38.1 Å². The second kappa shape index (κ2) is 5.95. The molecule has 1 saturated heterocycles. The second-order valence-electron chi connectivity index (χ2n) is 7.80. The predicted molar refractivity (Wildman–Crippen MR) is 95.2 cm³/mol. The largest absolute Gasteiger partial charge is 0.334 e. The summed E-state index contributed by atoms with van der Waals surface area (Å²) < 4.78 is 0. The molecule has 0 aliphatic carbocycles. The highest BCUT2D eigenvalue weighted by molar-refractivity contribution is 6.39. The molecule has 0 bridgehead atoms. The van der Waals surface area contributed by atoms with Crippen LogP contribution in [0.25, 0.3) is 0 Å². The molecule has 1 aromatic carbocycles. The summed E-state index contributed by atoms with van der Waals surface area (Å²) in [7, 11) is 0. The van der Waals surface area contributed by atoms with Crippen molar-refractivity contribution in [2.24, 2.45) is 5.10 Å². The van der Waals surface area contributed by atoms with E-state index in [0.29, 0.717) is 31.6 Å². The molecule has 3 heterocycles. The van der Waals surface area contributed by atoms with Crippen LogP contribution >= 0.6 is 0 Å². The van der Waals surface area contributed by atoms with Crippen molar-refractivity contribution in [1.82, 2.24) is 15.2 Å². The Bertz CT molecular complexity index is 756. The minimum atomic E-state index is -0.121. The van der Waals surface area contributed by atoms with Gasteiger partial charge < -0.3 is 4.90 Å². The van der Waals surface area contributed by atoms with Crippen LogP contribution in [-0.4, -0.2) is 53.5 Å². The number of piperazine rings is 1. The number of amides is 2. The molecule has 0 aromatic heterocycles. The molecule has 1 atom stereocenters. The average Bonchev–Trinajstić information content (AvgIpc) is 2.61. The number of nitrogens with one attached hydrogen (secondary N) is 1. The van der Waals surface area contributed by atoms with Crippen LogP contribution in [0.2, 0.25) is 0 Å². The first-order chi connectivity index (χ1) is 12.0. The molecule has 0 saturated carbocycles. The maximum atomic E-state index is 12.8. The molecule has 25 heavy (non-hydrogen) atoms. The third-order valence-corrected chi connectivity index (χ3v) is 5.58. The number of benzene rings is 1. The molecular weight excluding hydrogens is 316 g/mol. The molecule has 6 heteroatoms. The van der Waals surface area contributed by atoms with Gasteiger partial charge in [-0.15, -0.1) is 0 Å². The van der Waals surface area contributed by atoms with E-state index in [9.17, 15) is 9.59 Å². The molecule has 1 N–H and O–H groups in total. The monoisotopic (exact) mass is 340 g/mol. The van der Waals surface area contributed by atoms with Crippen molar-refractivity contribution < 1.29 is 9.59 Å². The van der Waals surface area contributed by atoms with E-state index in [1.165, 1.54) is 11.1 Å². The maximum absolute atomic E-state index is 12.8. The first kappa shape index (κ1) is 16.3. The molecule has 0 radical (unpaired) electrons. The number of hydrogen-bond acceptors (Lipinski definition) is 4.